The molecule has 126 valence electrons. The number of aryl methyl sites for hydroxylation is 1. The Bertz CT molecular complexity index is 815. The number of halogens is 1. The van der Waals surface area contributed by atoms with Crippen molar-refractivity contribution in [2.75, 3.05) is 11.9 Å². The number of hydrogen-bond acceptors (Lipinski definition) is 5. The van der Waals surface area contributed by atoms with E-state index in [2.05, 4.69) is 15.4 Å². The van der Waals surface area contributed by atoms with Crippen LogP contribution in [0, 0.1) is 5.82 Å². The number of nitrogens with one attached hydrogen (secondary N) is 1. The van der Waals surface area contributed by atoms with E-state index in [-0.39, 0.29) is 12.2 Å². The van der Waals surface area contributed by atoms with Gasteiger partial charge >= 0.3 is 0 Å². The highest BCUT2D eigenvalue weighted by molar-refractivity contribution is 5.95. The molecule has 7 nitrogen and oxygen atoms in total. The van der Waals surface area contributed by atoms with Gasteiger partial charge in [0.05, 0.1) is 5.57 Å². The van der Waals surface area contributed by atoms with Gasteiger partial charge in [-0.25, -0.2) is 9.07 Å². The summed E-state index contributed by atoms with van der Waals surface area (Å²) >= 11 is 0. The van der Waals surface area contributed by atoms with Crippen molar-refractivity contribution in [2.45, 2.75) is 25.8 Å². The highest BCUT2D eigenvalue weighted by atomic mass is 19.1. The third-order valence-electron chi connectivity index (χ3n) is 3.92. The monoisotopic (exact) mass is 331 g/mol. The number of nitrogens with two attached hydrogens (primary N) is 1. The van der Waals surface area contributed by atoms with Crippen molar-refractivity contribution in [3.05, 3.63) is 52.7 Å². The van der Waals surface area contributed by atoms with E-state index < -0.39 is 17.8 Å². The first-order valence-corrected chi connectivity index (χ1v) is 7.61. The standard InChI is InChI=1S/C16H18FN5O2/c1-9-13(15(18)24)14(10-5-2-3-6-11(10)17)22-16(19-9)20-12(21-22)7-4-8-23/h2-3,5-6,14,23H,4,7-8H2,1H3,(H2,18,24)(H,19,20,21). The van der Waals surface area contributed by atoms with Crippen LogP contribution in [0.15, 0.2) is 35.5 Å². The predicted octanol–water partition coefficient (Wildman–Crippen LogP) is 1.12. The predicted molar refractivity (Wildman–Crippen MR) is 85.5 cm³/mol. The van der Waals surface area contributed by atoms with Gasteiger partial charge in [-0.15, -0.1) is 0 Å². The molecule has 3 rings (SSSR count). The number of rotatable bonds is 5. The maximum Gasteiger partial charge on any atom is 0.248 e. The number of carbonyl (C=O) groups excluding carboxylic acids is 1. The second-order valence-corrected chi connectivity index (χ2v) is 5.58. The van der Waals surface area contributed by atoms with Crippen molar-refractivity contribution >= 4 is 11.9 Å². The molecule has 1 aromatic carbocycles. The van der Waals surface area contributed by atoms with Gasteiger partial charge in [0.25, 0.3) is 0 Å². The van der Waals surface area contributed by atoms with Crippen LogP contribution in [-0.4, -0.2) is 32.4 Å². The Morgan fingerprint density at radius 1 is 1.46 bits per heavy atom. The summed E-state index contributed by atoms with van der Waals surface area (Å²) in [6.45, 7) is 1.72. The molecule has 24 heavy (non-hydrogen) atoms. The quantitative estimate of drug-likeness (QED) is 0.761. The molecule has 0 bridgehead atoms. The Morgan fingerprint density at radius 2 is 2.21 bits per heavy atom. The van der Waals surface area contributed by atoms with Gasteiger partial charge in [-0.2, -0.15) is 10.1 Å². The zero-order valence-electron chi connectivity index (χ0n) is 13.2. The van der Waals surface area contributed by atoms with E-state index in [4.69, 9.17) is 10.8 Å². The Kier molecular flexibility index (Phi) is 4.30. The molecule has 0 saturated carbocycles. The van der Waals surface area contributed by atoms with Crippen LogP contribution < -0.4 is 11.1 Å². The molecule has 1 aliphatic rings. The summed E-state index contributed by atoms with van der Waals surface area (Å²) in [6.07, 6.45) is 0.996. The molecule has 2 heterocycles. The van der Waals surface area contributed by atoms with Crippen molar-refractivity contribution in [3.8, 4) is 0 Å². The normalized spacial score (nSPS) is 16.7. The molecule has 2 aromatic rings. The van der Waals surface area contributed by atoms with Crippen LogP contribution in [0.5, 0.6) is 0 Å². The third-order valence-corrected chi connectivity index (χ3v) is 3.92. The van der Waals surface area contributed by atoms with Gasteiger partial charge in [-0.05, 0) is 19.4 Å². The van der Waals surface area contributed by atoms with Gasteiger partial charge in [-0.3, -0.25) is 4.79 Å². The summed E-state index contributed by atoms with van der Waals surface area (Å²) in [5.41, 5.74) is 6.58. The largest absolute Gasteiger partial charge is 0.396 e. The number of hydrogen-bond donors (Lipinski definition) is 3. The second kappa shape index (κ2) is 6.40. The fourth-order valence-electron chi connectivity index (χ4n) is 2.84. The summed E-state index contributed by atoms with van der Waals surface area (Å²) in [5, 5.41) is 16.3. The number of nitrogens with zero attached hydrogens (tertiary/aromatic N) is 3. The van der Waals surface area contributed by atoms with Gasteiger partial charge in [-0.1, -0.05) is 18.2 Å². The maximum atomic E-state index is 14.4. The molecule has 0 aliphatic carbocycles. The number of allylic oxidation sites excluding steroid dienone is 1. The first-order chi connectivity index (χ1) is 11.5. The van der Waals surface area contributed by atoms with E-state index in [0.717, 1.165) is 0 Å². The van der Waals surface area contributed by atoms with Gasteiger partial charge in [0, 0.05) is 24.3 Å². The van der Waals surface area contributed by atoms with E-state index in [9.17, 15) is 9.18 Å². The third kappa shape index (κ3) is 2.76. The first kappa shape index (κ1) is 16.1. The molecule has 0 radical (unpaired) electrons. The Labute approximate surface area is 138 Å². The van der Waals surface area contributed by atoms with E-state index in [0.29, 0.717) is 35.9 Å². The minimum absolute atomic E-state index is 0.0257. The van der Waals surface area contributed by atoms with Crippen LogP contribution in [0.2, 0.25) is 0 Å². The van der Waals surface area contributed by atoms with Crippen molar-refractivity contribution in [3.63, 3.8) is 0 Å². The number of anilines is 1. The average molecular weight is 331 g/mol. The highest BCUT2D eigenvalue weighted by Crippen LogP contribution is 2.35. The lowest BCUT2D eigenvalue weighted by Crippen LogP contribution is -2.32. The van der Waals surface area contributed by atoms with Gasteiger partial charge in [0.2, 0.25) is 11.9 Å². The fraction of sp³-hybridized carbons (Fsp3) is 0.312. The smallest absolute Gasteiger partial charge is 0.248 e. The summed E-state index contributed by atoms with van der Waals surface area (Å²) in [5.74, 6) is -0.175. The number of aromatic nitrogens is 3. The summed E-state index contributed by atoms with van der Waals surface area (Å²) in [6, 6.07) is 5.41. The van der Waals surface area contributed by atoms with Crippen LogP contribution in [0.1, 0.15) is 30.8 Å². The number of amides is 1. The molecule has 1 unspecified atom stereocenters. The molecule has 1 amide bonds. The molecule has 0 saturated heterocycles. The Balaban J connectivity index is 2.14. The van der Waals surface area contributed by atoms with Crippen molar-refractivity contribution in [1.82, 2.24) is 14.8 Å². The van der Waals surface area contributed by atoms with Crippen LogP contribution in [0.3, 0.4) is 0 Å². The second-order valence-electron chi connectivity index (χ2n) is 5.58. The fourth-order valence-corrected chi connectivity index (χ4v) is 2.84. The van der Waals surface area contributed by atoms with E-state index in [1.54, 1.807) is 25.1 Å². The van der Waals surface area contributed by atoms with Crippen molar-refractivity contribution in [1.29, 1.82) is 0 Å². The van der Waals surface area contributed by atoms with E-state index in [1.165, 1.54) is 10.7 Å². The lowest BCUT2D eigenvalue weighted by Gasteiger charge is -2.27. The van der Waals surface area contributed by atoms with Gasteiger partial charge in [0.15, 0.2) is 5.82 Å². The van der Waals surface area contributed by atoms with Gasteiger partial charge in [0.1, 0.15) is 11.9 Å². The van der Waals surface area contributed by atoms with E-state index >= 15 is 0 Å². The lowest BCUT2D eigenvalue weighted by molar-refractivity contribution is -0.115. The van der Waals surface area contributed by atoms with Crippen LogP contribution in [-0.2, 0) is 11.2 Å². The number of aliphatic hydroxyl groups excluding tert-OH is 1. The number of benzene rings is 1. The number of fused-ring (bicyclic) bond motifs is 1. The number of primary amides is 1. The minimum Gasteiger partial charge on any atom is -0.396 e. The van der Waals surface area contributed by atoms with E-state index in [1.807, 2.05) is 0 Å². The molecular weight excluding hydrogens is 313 g/mol. The summed E-state index contributed by atoms with van der Waals surface area (Å²) in [7, 11) is 0. The van der Waals surface area contributed by atoms with Crippen LogP contribution in [0.4, 0.5) is 10.3 Å². The molecular formula is C16H18FN5O2. The number of aliphatic hydroxyl groups is 1. The molecule has 1 aliphatic heterocycles. The van der Waals surface area contributed by atoms with Crippen LogP contribution in [0.25, 0.3) is 0 Å². The average Bonchev–Trinajstić information content (AvgIpc) is 2.94. The van der Waals surface area contributed by atoms with Gasteiger partial charge < -0.3 is 16.2 Å². The highest BCUT2D eigenvalue weighted by Gasteiger charge is 2.34. The molecule has 0 fully saturated rings. The number of carbonyl (C=O) groups is 1. The van der Waals surface area contributed by atoms with Crippen LogP contribution >= 0.6 is 0 Å². The molecule has 1 atom stereocenters. The topological polar surface area (TPSA) is 106 Å². The first-order valence-electron chi connectivity index (χ1n) is 7.61. The minimum atomic E-state index is -0.782. The Morgan fingerprint density at radius 3 is 2.88 bits per heavy atom. The molecule has 8 heteroatoms. The van der Waals surface area contributed by atoms with Crippen molar-refractivity contribution < 1.29 is 14.3 Å². The zero-order chi connectivity index (χ0) is 17.3. The summed E-state index contributed by atoms with van der Waals surface area (Å²) < 4.78 is 15.8. The molecule has 0 spiro atoms. The maximum absolute atomic E-state index is 14.4. The molecule has 1 aromatic heterocycles. The summed E-state index contributed by atoms with van der Waals surface area (Å²) in [4.78, 5) is 16.3. The molecule has 4 N–H and O–H groups in total. The SMILES string of the molecule is CC1=C(C(N)=O)C(c2ccccc2F)n2nc(CCCO)nc2N1. The zero-order valence-corrected chi connectivity index (χ0v) is 13.2. The lowest BCUT2D eigenvalue weighted by atomic mass is 9.95. The van der Waals surface area contributed by atoms with Crippen molar-refractivity contribution in [2.24, 2.45) is 5.73 Å². The Hall–Kier alpha value is -2.74.